The van der Waals surface area contributed by atoms with Crippen LogP contribution in [0.1, 0.15) is 26.5 Å². The number of nitrogens with zero attached hydrogens (tertiary/aromatic N) is 3. The largest absolute Gasteiger partial charge is 0.359 e. The standard InChI is InChI=1S/C18H20N4O2/c1-18(2,3)14-11-15(21-24-14)20-17(23)13-7-6-10-22(12-13)16-8-4-5-9-19-16/h4-11H,12H2,1-3H3,(H,20,21,23). The van der Waals surface area contributed by atoms with Crippen molar-refractivity contribution in [1.29, 1.82) is 0 Å². The van der Waals surface area contributed by atoms with E-state index >= 15 is 0 Å². The predicted molar refractivity (Wildman–Crippen MR) is 92.6 cm³/mol. The second-order valence-electron chi connectivity index (χ2n) is 6.63. The van der Waals surface area contributed by atoms with E-state index in [0.717, 1.165) is 11.6 Å². The number of anilines is 2. The Balaban J connectivity index is 1.68. The van der Waals surface area contributed by atoms with E-state index in [9.17, 15) is 4.79 Å². The summed E-state index contributed by atoms with van der Waals surface area (Å²) in [6, 6.07) is 7.43. The van der Waals surface area contributed by atoms with Crippen LogP contribution in [0.5, 0.6) is 0 Å². The molecule has 1 aliphatic heterocycles. The van der Waals surface area contributed by atoms with Crippen LogP contribution in [0.4, 0.5) is 11.6 Å². The number of rotatable bonds is 3. The lowest BCUT2D eigenvalue weighted by atomic mass is 9.93. The summed E-state index contributed by atoms with van der Waals surface area (Å²) in [6.07, 6.45) is 7.24. The Kier molecular flexibility index (Phi) is 4.20. The molecule has 0 saturated heterocycles. The molecule has 0 unspecified atom stereocenters. The molecule has 1 amide bonds. The second kappa shape index (κ2) is 6.31. The van der Waals surface area contributed by atoms with Gasteiger partial charge in [0, 0.05) is 29.5 Å². The highest BCUT2D eigenvalue weighted by Crippen LogP contribution is 2.25. The molecule has 124 valence electrons. The van der Waals surface area contributed by atoms with Crippen LogP contribution >= 0.6 is 0 Å². The molecule has 2 aromatic heterocycles. The van der Waals surface area contributed by atoms with Gasteiger partial charge < -0.3 is 14.7 Å². The lowest BCUT2D eigenvalue weighted by Gasteiger charge is -2.22. The summed E-state index contributed by atoms with van der Waals surface area (Å²) in [6.45, 7) is 6.53. The molecule has 6 nitrogen and oxygen atoms in total. The zero-order valence-electron chi connectivity index (χ0n) is 14.0. The molecular weight excluding hydrogens is 304 g/mol. The smallest absolute Gasteiger partial charge is 0.254 e. The number of pyridine rings is 1. The van der Waals surface area contributed by atoms with E-state index < -0.39 is 0 Å². The number of amides is 1. The normalized spacial score (nSPS) is 14.5. The van der Waals surface area contributed by atoms with E-state index in [4.69, 9.17) is 4.52 Å². The van der Waals surface area contributed by atoms with Crippen molar-refractivity contribution in [3.8, 4) is 0 Å². The molecule has 3 rings (SSSR count). The van der Waals surface area contributed by atoms with E-state index in [-0.39, 0.29) is 11.3 Å². The fourth-order valence-corrected chi connectivity index (χ4v) is 2.26. The fourth-order valence-electron chi connectivity index (χ4n) is 2.26. The van der Waals surface area contributed by atoms with Gasteiger partial charge in [0.15, 0.2) is 5.82 Å². The summed E-state index contributed by atoms with van der Waals surface area (Å²) < 4.78 is 5.29. The van der Waals surface area contributed by atoms with Crippen molar-refractivity contribution in [3.05, 3.63) is 60.1 Å². The van der Waals surface area contributed by atoms with Crippen LogP contribution in [0.15, 0.2) is 58.9 Å². The molecule has 0 fully saturated rings. The molecule has 0 spiro atoms. The highest BCUT2D eigenvalue weighted by molar-refractivity contribution is 6.04. The van der Waals surface area contributed by atoms with Gasteiger partial charge in [-0.3, -0.25) is 4.79 Å². The zero-order chi connectivity index (χ0) is 17.2. The van der Waals surface area contributed by atoms with Gasteiger partial charge in [-0.1, -0.05) is 38.1 Å². The third-order valence-electron chi connectivity index (χ3n) is 3.63. The fraction of sp³-hybridized carbons (Fsp3) is 0.278. The van der Waals surface area contributed by atoms with E-state index in [1.54, 1.807) is 18.3 Å². The number of carbonyl (C=O) groups excluding carboxylic acids is 1. The summed E-state index contributed by atoms with van der Waals surface area (Å²) in [5.41, 5.74) is 0.474. The molecule has 0 saturated carbocycles. The van der Waals surface area contributed by atoms with Crippen LogP contribution in [0.2, 0.25) is 0 Å². The van der Waals surface area contributed by atoms with E-state index in [1.165, 1.54) is 0 Å². The van der Waals surface area contributed by atoms with Crippen LogP contribution in [-0.4, -0.2) is 22.6 Å². The first kappa shape index (κ1) is 16.0. The molecule has 0 atom stereocenters. The van der Waals surface area contributed by atoms with Gasteiger partial charge in [0.05, 0.1) is 6.54 Å². The maximum atomic E-state index is 12.5. The quantitative estimate of drug-likeness (QED) is 0.938. The van der Waals surface area contributed by atoms with Crippen molar-refractivity contribution in [1.82, 2.24) is 10.1 Å². The molecule has 1 aliphatic rings. The Hall–Kier alpha value is -2.89. The third-order valence-corrected chi connectivity index (χ3v) is 3.63. The summed E-state index contributed by atoms with van der Waals surface area (Å²) in [5.74, 6) is 1.74. The van der Waals surface area contributed by atoms with Crippen LogP contribution in [0, 0.1) is 0 Å². The number of aromatic nitrogens is 2. The van der Waals surface area contributed by atoms with Gasteiger partial charge in [-0.05, 0) is 18.2 Å². The Bertz CT molecular complexity index is 785. The maximum absolute atomic E-state index is 12.5. The molecule has 3 heterocycles. The van der Waals surface area contributed by atoms with Crippen LogP contribution in [0.25, 0.3) is 0 Å². The first-order chi connectivity index (χ1) is 11.4. The first-order valence-electron chi connectivity index (χ1n) is 7.77. The highest BCUT2D eigenvalue weighted by atomic mass is 16.5. The van der Waals surface area contributed by atoms with E-state index in [2.05, 4.69) is 15.5 Å². The average molecular weight is 324 g/mol. The van der Waals surface area contributed by atoms with Crippen molar-refractivity contribution in [2.75, 3.05) is 16.8 Å². The molecule has 0 aromatic carbocycles. The minimum Gasteiger partial charge on any atom is -0.359 e. The summed E-state index contributed by atoms with van der Waals surface area (Å²) in [7, 11) is 0. The Morgan fingerprint density at radius 1 is 1.33 bits per heavy atom. The third kappa shape index (κ3) is 3.53. The monoisotopic (exact) mass is 324 g/mol. The Morgan fingerprint density at radius 2 is 2.17 bits per heavy atom. The van der Waals surface area contributed by atoms with Gasteiger partial charge in [0.2, 0.25) is 0 Å². The Labute approximate surface area is 140 Å². The summed E-state index contributed by atoms with van der Waals surface area (Å²) in [4.78, 5) is 18.7. The van der Waals surface area contributed by atoms with Crippen LogP contribution < -0.4 is 10.2 Å². The number of hydrogen-bond acceptors (Lipinski definition) is 5. The van der Waals surface area contributed by atoms with Gasteiger partial charge in [0.25, 0.3) is 5.91 Å². The second-order valence-corrected chi connectivity index (χ2v) is 6.63. The average Bonchev–Trinajstić information content (AvgIpc) is 3.05. The van der Waals surface area contributed by atoms with Gasteiger partial charge >= 0.3 is 0 Å². The molecule has 1 N–H and O–H groups in total. The first-order valence-corrected chi connectivity index (χ1v) is 7.77. The maximum Gasteiger partial charge on any atom is 0.254 e. The topological polar surface area (TPSA) is 71.3 Å². The SMILES string of the molecule is CC(C)(C)c1cc(NC(=O)C2=CC=CN(c3ccccn3)C2)no1. The van der Waals surface area contributed by atoms with Gasteiger partial charge in [0.1, 0.15) is 11.6 Å². The van der Waals surface area contributed by atoms with Crippen molar-refractivity contribution < 1.29 is 9.32 Å². The van der Waals surface area contributed by atoms with Gasteiger partial charge in [-0.2, -0.15) is 0 Å². The van der Waals surface area contributed by atoms with Gasteiger partial charge in [-0.15, -0.1) is 0 Å². The number of carbonyl (C=O) groups is 1. The number of nitrogens with one attached hydrogen (secondary N) is 1. The van der Waals surface area contributed by atoms with E-state index in [0.29, 0.717) is 17.9 Å². The van der Waals surface area contributed by atoms with Crippen molar-refractivity contribution in [3.63, 3.8) is 0 Å². The molecule has 0 bridgehead atoms. The van der Waals surface area contributed by atoms with Gasteiger partial charge in [-0.25, -0.2) is 4.98 Å². The highest BCUT2D eigenvalue weighted by Gasteiger charge is 2.22. The van der Waals surface area contributed by atoms with Crippen molar-refractivity contribution in [2.45, 2.75) is 26.2 Å². The molecule has 2 aromatic rings. The van der Waals surface area contributed by atoms with Crippen LogP contribution in [0.3, 0.4) is 0 Å². The van der Waals surface area contributed by atoms with Crippen molar-refractivity contribution in [2.24, 2.45) is 0 Å². The minimum atomic E-state index is -0.200. The Morgan fingerprint density at radius 3 is 2.83 bits per heavy atom. The minimum absolute atomic E-state index is 0.154. The molecule has 24 heavy (non-hydrogen) atoms. The number of allylic oxidation sites excluding steroid dienone is 2. The zero-order valence-corrected chi connectivity index (χ0v) is 14.0. The van der Waals surface area contributed by atoms with Crippen molar-refractivity contribution >= 4 is 17.5 Å². The number of hydrogen-bond donors (Lipinski definition) is 1. The lowest BCUT2D eigenvalue weighted by Crippen LogP contribution is -2.28. The lowest BCUT2D eigenvalue weighted by molar-refractivity contribution is -0.112. The summed E-state index contributed by atoms with van der Waals surface area (Å²) in [5, 5.41) is 6.70. The van der Waals surface area contributed by atoms with Crippen LogP contribution in [-0.2, 0) is 10.2 Å². The molecule has 0 aliphatic carbocycles. The van der Waals surface area contributed by atoms with E-state index in [1.807, 2.05) is 56.1 Å². The molecular formula is C18H20N4O2. The molecule has 6 heteroatoms. The summed E-state index contributed by atoms with van der Waals surface area (Å²) >= 11 is 0. The molecule has 0 radical (unpaired) electrons. The predicted octanol–water partition coefficient (Wildman–Crippen LogP) is 3.27.